The molecule has 2 rings (SSSR count). The van der Waals surface area contributed by atoms with E-state index in [1.165, 1.54) is 18.2 Å². The van der Waals surface area contributed by atoms with Crippen LogP contribution < -0.4 is 14.8 Å². The number of hydrogen-bond acceptors (Lipinski definition) is 7. The summed E-state index contributed by atoms with van der Waals surface area (Å²) in [5.41, 5.74) is 0.618. The molecule has 0 aliphatic rings. The highest BCUT2D eigenvalue weighted by Crippen LogP contribution is 2.37. The van der Waals surface area contributed by atoms with E-state index in [1.807, 2.05) is 6.07 Å². The number of hydrogen-bond donors (Lipinski definition) is 1. The summed E-state index contributed by atoms with van der Waals surface area (Å²) in [4.78, 5) is 22.6. The summed E-state index contributed by atoms with van der Waals surface area (Å²) in [6.45, 7) is 2.27. The standard InChI is InChI=1S/C18H16BrN3O5/c1-2-26-16-10-12(11-20)9-13(19)18(16)27-17(23)7-8-21-14-5-3-4-6-15(14)22(24)25/h3-6,9-10,21H,2,7-8H2,1H3. The minimum absolute atomic E-state index is 0.0238. The van der Waals surface area contributed by atoms with Gasteiger partial charge in [-0.1, -0.05) is 12.1 Å². The van der Waals surface area contributed by atoms with E-state index in [2.05, 4.69) is 21.2 Å². The van der Waals surface area contributed by atoms with Crippen molar-refractivity contribution in [1.29, 1.82) is 5.26 Å². The maximum atomic E-state index is 12.1. The molecule has 2 aromatic rings. The predicted molar refractivity (Wildman–Crippen MR) is 102 cm³/mol. The van der Waals surface area contributed by atoms with Gasteiger partial charge in [-0.25, -0.2) is 0 Å². The van der Waals surface area contributed by atoms with Crippen molar-refractivity contribution in [3.63, 3.8) is 0 Å². The number of benzene rings is 2. The van der Waals surface area contributed by atoms with Crippen LogP contribution in [0.1, 0.15) is 18.9 Å². The normalized spacial score (nSPS) is 9.96. The van der Waals surface area contributed by atoms with Gasteiger partial charge in [0, 0.05) is 18.7 Å². The van der Waals surface area contributed by atoms with Crippen LogP contribution in [-0.4, -0.2) is 24.0 Å². The van der Waals surface area contributed by atoms with Crippen LogP contribution >= 0.6 is 15.9 Å². The van der Waals surface area contributed by atoms with Gasteiger partial charge in [0.2, 0.25) is 0 Å². The number of nitro groups is 1. The molecular formula is C18H16BrN3O5. The number of ether oxygens (including phenoxy) is 2. The van der Waals surface area contributed by atoms with E-state index in [4.69, 9.17) is 14.7 Å². The first-order valence-corrected chi connectivity index (χ1v) is 8.80. The summed E-state index contributed by atoms with van der Waals surface area (Å²) in [6.07, 6.45) is -0.0238. The number of nitro benzene ring substituents is 1. The maximum Gasteiger partial charge on any atom is 0.313 e. The number of nitrogens with zero attached hydrogens (tertiary/aromatic N) is 2. The van der Waals surface area contributed by atoms with E-state index in [0.29, 0.717) is 22.3 Å². The second-order valence-electron chi connectivity index (χ2n) is 5.26. The van der Waals surface area contributed by atoms with Crippen molar-refractivity contribution in [3.8, 4) is 17.6 Å². The molecule has 0 unspecified atom stereocenters. The summed E-state index contributed by atoms with van der Waals surface area (Å²) >= 11 is 3.27. The fourth-order valence-electron chi connectivity index (χ4n) is 2.24. The molecule has 9 heteroatoms. The van der Waals surface area contributed by atoms with Gasteiger partial charge in [-0.2, -0.15) is 5.26 Å². The number of para-hydroxylation sites is 2. The third-order valence-electron chi connectivity index (χ3n) is 3.40. The van der Waals surface area contributed by atoms with Gasteiger partial charge in [0.15, 0.2) is 11.5 Å². The molecule has 0 saturated heterocycles. The average molecular weight is 434 g/mol. The smallest absolute Gasteiger partial charge is 0.313 e. The van der Waals surface area contributed by atoms with Gasteiger partial charge < -0.3 is 14.8 Å². The first-order valence-electron chi connectivity index (χ1n) is 8.00. The van der Waals surface area contributed by atoms with Gasteiger partial charge in [0.05, 0.1) is 34.1 Å². The fraction of sp³-hybridized carbons (Fsp3) is 0.222. The molecule has 0 bridgehead atoms. The molecule has 0 aliphatic carbocycles. The molecule has 0 aliphatic heterocycles. The fourth-order valence-corrected chi connectivity index (χ4v) is 2.76. The van der Waals surface area contributed by atoms with Crippen LogP contribution in [-0.2, 0) is 4.79 Å². The number of carbonyl (C=O) groups excluding carboxylic acids is 1. The molecule has 0 aromatic heterocycles. The zero-order valence-corrected chi connectivity index (χ0v) is 16.0. The Morgan fingerprint density at radius 3 is 2.78 bits per heavy atom. The summed E-state index contributed by atoms with van der Waals surface area (Å²) < 4.78 is 11.2. The molecule has 1 N–H and O–H groups in total. The van der Waals surface area contributed by atoms with Crippen molar-refractivity contribution in [1.82, 2.24) is 0 Å². The summed E-state index contributed by atoms with van der Waals surface area (Å²) in [7, 11) is 0. The molecule has 0 radical (unpaired) electrons. The zero-order chi connectivity index (χ0) is 19.8. The van der Waals surface area contributed by atoms with Crippen molar-refractivity contribution in [2.24, 2.45) is 0 Å². The second kappa shape index (κ2) is 9.54. The lowest BCUT2D eigenvalue weighted by Crippen LogP contribution is -2.15. The monoisotopic (exact) mass is 433 g/mol. The quantitative estimate of drug-likeness (QED) is 0.289. The minimum Gasteiger partial charge on any atom is -0.490 e. The Bertz CT molecular complexity index is 895. The van der Waals surface area contributed by atoms with E-state index in [0.717, 1.165) is 0 Å². The van der Waals surface area contributed by atoms with Crippen molar-refractivity contribution in [3.05, 3.63) is 56.5 Å². The Morgan fingerprint density at radius 2 is 2.11 bits per heavy atom. The third-order valence-corrected chi connectivity index (χ3v) is 3.99. The molecule has 140 valence electrons. The van der Waals surface area contributed by atoms with Gasteiger partial charge in [-0.3, -0.25) is 14.9 Å². The maximum absolute atomic E-state index is 12.1. The van der Waals surface area contributed by atoms with Crippen LogP contribution in [0.5, 0.6) is 11.5 Å². The molecule has 0 saturated carbocycles. The molecular weight excluding hydrogens is 418 g/mol. The SMILES string of the molecule is CCOc1cc(C#N)cc(Br)c1OC(=O)CCNc1ccccc1[N+](=O)[O-]. The number of rotatable bonds is 8. The highest BCUT2D eigenvalue weighted by Gasteiger charge is 2.17. The number of carbonyl (C=O) groups is 1. The number of esters is 1. The van der Waals surface area contributed by atoms with Crippen LogP contribution in [0.3, 0.4) is 0 Å². The summed E-state index contributed by atoms with van der Waals surface area (Å²) in [6, 6.07) is 11.2. The van der Waals surface area contributed by atoms with Crippen molar-refractivity contribution < 1.29 is 19.2 Å². The van der Waals surface area contributed by atoms with E-state index < -0.39 is 10.9 Å². The molecule has 8 nitrogen and oxygen atoms in total. The Morgan fingerprint density at radius 1 is 1.37 bits per heavy atom. The Balaban J connectivity index is 2.03. The summed E-state index contributed by atoms with van der Waals surface area (Å²) in [5, 5.41) is 22.9. The van der Waals surface area contributed by atoms with Crippen molar-refractivity contribution in [2.45, 2.75) is 13.3 Å². The van der Waals surface area contributed by atoms with Gasteiger partial charge >= 0.3 is 5.97 Å². The van der Waals surface area contributed by atoms with Crippen LogP contribution in [0.25, 0.3) is 0 Å². The molecule has 0 atom stereocenters. The number of nitrogens with one attached hydrogen (secondary N) is 1. The van der Waals surface area contributed by atoms with Crippen LogP contribution in [0, 0.1) is 21.4 Å². The van der Waals surface area contributed by atoms with E-state index in [-0.39, 0.29) is 30.2 Å². The Hall–Kier alpha value is -3.12. The number of anilines is 1. The number of halogens is 1. The van der Waals surface area contributed by atoms with Gasteiger partial charge in [-0.05, 0) is 35.0 Å². The minimum atomic E-state index is -0.549. The van der Waals surface area contributed by atoms with Crippen LogP contribution in [0.15, 0.2) is 40.9 Å². The largest absolute Gasteiger partial charge is 0.490 e. The van der Waals surface area contributed by atoms with Crippen molar-refractivity contribution >= 4 is 33.3 Å². The van der Waals surface area contributed by atoms with Gasteiger partial charge in [0.1, 0.15) is 5.69 Å². The molecule has 2 aromatic carbocycles. The second-order valence-corrected chi connectivity index (χ2v) is 6.11. The lowest BCUT2D eigenvalue weighted by molar-refractivity contribution is -0.384. The highest BCUT2D eigenvalue weighted by molar-refractivity contribution is 9.10. The molecule has 0 amide bonds. The van der Waals surface area contributed by atoms with Gasteiger partial charge in [-0.15, -0.1) is 0 Å². The number of nitriles is 1. The van der Waals surface area contributed by atoms with E-state index in [9.17, 15) is 14.9 Å². The van der Waals surface area contributed by atoms with E-state index in [1.54, 1.807) is 25.1 Å². The van der Waals surface area contributed by atoms with Crippen LogP contribution in [0.2, 0.25) is 0 Å². The predicted octanol–water partition coefficient (Wildman–Crippen LogP) is 4.04. The first-order chi connectivity index (χ1) is 13.0. The molecule has 0 heterocycles. The van der Waals surface area contributed by atoms with E-state index >= 15 is 0 Å². The molecule has 27 heavy (non-hydrogen) atoms. The van der Waals surface area contributed by atoms with Crippen molar-refractivity contribution in [2.75, 3.05) is 18.5 Å². The van der Waals surface area contributed by atoms with Gasteiger partial charge in [0.25, 0.3) is 5.69 Å². The lowest BCUT2D eigenvalue weighted by atomic mass is 10.2. The average Bonchev–Trinajstić information content (AvgIpc) is 2.64. The molecule has 0 spiro atoms. The van der Waals surface area contributed by atoms with Crippen LogP contribution in [0.4, 0.5) is 11.4 Å². The Kier molecular flexibility index (Phi) is 7.14. The highest BCUT2D eigenvalue weighted by atomic mass is 79.9. The lowest BCUT2D eigenvalue weighted by Gasteiger charge is -2.13. The first kappa shape index (κ1) is 20.2. The molecule has 0 fully saturated rings. The summed E-state index contributed by atoms with van der Waals surface area (Å²) in [5.74, 6) is -0.0811. The Labute approximate surface area is 164 Å². The third kappa shape index (κ3) is 5.43. The topological polar surface area (TPSA) is 114 Å². The zero-order valence-electron chi connectivity index (χ0n) is 14.4.